The molecule has 3 heteroatoms. The topological polar surface area (TPSA) is 26.0 Å². The minimum absolute atomic E-state index is 0.297. The van der Waals surface area contributed by atoms with Crippen molar-refractivity contribution in [2.24, 2.45) is 17.6 Å². The molecular weight excluding hydrogens is 329 g/mol. The molecule has 1 unspecified atom stereocenters. The minimum Gasteiger partial charge on any atom is -0.329 e. The smallest absolute Gasteiger partial charge is 0.0348 e. The monoisotopic (exact) mass is 353 g/mol. The highest BCUT2D eigenvalue weighted by Crippen LogP contribution is 2.33. The highest BCUT2D eigenvalue weighted by atomic mass is 127. The molecule has 1 aliphatic carbocycles. The van der Waals surface area contributed by atoms with Crippen molar-refractivity contribution < 1.29 is 0 Å². The zero-order valence-electron chi connectivity index (χ0n) is 10.2. The van der Waals surface area contributed by atoms with Crippen molar-refractivity contribution in [3.63, 3.8) is 0 Å². The number of hydrogen-bond donors (Lipinski definition) is 2. The lowest BCUT2D eigenvalue weighted by Crippen LogP contribution is -2.22. The summed E-state index contributed by atoms with van der Waals surface area (Å²) in [6.07, 6.45) is 8.95. The molecule has 94 valence electrons. The van der Waals surface area contributed by atoms with Gasteiger partial charge in [-0.25, -0.2) is 0 Å². The Balaban J connectivity index is 2.38. The first-order chi connectivity index (χ1) is 7.69. The maximum Gasteiger partial charge on any atom is 0.0348 e. The molecule has 0 aromatic rings. The van der Waals surface area contributed by atoms with Crippen LogP contribution >= 0.6 is 35.2 Å². The number of nitrogens with two attached hydrogens (primary N) is 1. The Kier molecular flexibility index (Phi) is 7.40. The van der Waals surface area contributed by atoms with E-state index < -0.39 is 0 Å². The lowest BCUT2D eigenvalue weighted by molar-refractivity contribution is 0.308. The average Bonchev–Trinajstić information content (AvgIpc) is 2.35. The molecule has 0 fully saturated rings. The molecule has 0 aromatic heterocycles. The summed E-state index contributed by atoms with van der Waals surface area (Å²) in [5.74, 6) is 1.77. The van der Waals surface area contributed by atoms with E-state index in [1.54, 1.807) is 0 Å². The van der Waals surface area contributed by atoms with Crippen LogP contribution in [0.15, 0.2) is 11.6 Å². The summed E-state index contributed by atoms with van der Waals surface area (Å²) in [5, 5.41) is 0.297. The molecule has 16 heavy (non-hydrogen) atoms. The lowest BCUT2D eigenvalue weighted by atomic mass is 9.79. The summed E-state index contributed by atoms with van der Waals surface area (Å²) in [7, 11) is 0. The van der Waals surface area contributed by atoms with Gasteiger partial charge >= 0.3 is 0 Å². The molecule has 1 aliphatic rings. The normalized spacial score (nSPS) is 25.0. The molecule has 0 saturated carbocycles. The summed E-state index contributed by atoms with van der Waals surface area (Å²) in [5.41, 5.74) is 7.12. The molecule has 1 rings (SSSR count). The van der Waals surface area contributed by atoms with Crippen LogP contribution in [0.4, 0.5) is 0 Å². The Hall–Kier alpha value is 0.780. The van der Waals surface area contributed by atoms with Crippen LogP contribution in [0.25, 0.3) is 0 Å². The van der Waals surface area contributed by atoms with Gasteiger partial charge < -0.3 is 5.73 Å². The van der Waals surface area contributed by atoms with Crippen LogP contribution in [-0.4, -0.2) is 16.2 Å². The van der Waals surface area contributed by atoms with Crippen molar-refractivity contribution in [3.05, 3.63) is 11.6 Å². The van der Waals surface area contributed by atoms with Gasteiger partial charge in [-0.1, -0.05) is 41.2 Å². The Morgan fingerprint density at radius 3 is 2.88 bits per heavy atom. The zero-order chi connectivity index (χ0) is 12.0. The number of allylic oxidation sites excluding steroid dienone is 1. The molecule has 0 bridgehead atoms. The van der Waals surface area contributed by atoms with E-state index >= 15 is 0 Å². The molecule has 0 saturated heterocycles. The van der Waals surface area contributed by atoms with Gasteiger partial charge in [0.25, 0.3) is 0 Å². The van der Waals surface area contributed by atoms with Crippen molar-refractivity contribution in [2.45, 2.75) is 44.3 Å². The van der Waals surface area contributed by atoms with Crippen molar-refractivity contribution in [3.8, 4) is 0 Å². The van der Waals surface area contributed by atoms with Crippen LogP contribution in [0.2, 0.25) is 0 Å². The van der Waals surface area contributed by atoms with Crippen molar-refractivity contribution in [2.75, 3.05) is 11.0 Å². The van der Waals surface area contributed by atoms with E-state index in [2.05, 4.69) is 48.2 Å². The number of halogens is 1. The summed E-state index contributed by atoms with van der Waals surface area (Å²) < 4.78 is 1.29. The summed E-state index contributed by atoms with van der Waals surface area (Å²) in [6.45, 7) is 3.08. The van der Waals surface area contributed by atoms with Crippen molar-refractivity contribution >= 4 is 35.2 Å². The van der Waals surface area contributed by atoms with Crippen LogP contribution in [0, 0.1) is 11.8 Å². The number of hydrogen-bond acceptors (Lipinski definition) is 2. The molecule has 0 radical (unpaired) electrons. The Morgan fingerprint density at radius 1 is 1.62 bits per heavy atom. The first kappa shape index (κ1) is 14.8. The van der Waals surface area contributed by atoms with Gasteiger partial charge in [0.2, 0.25) is 0 Å². The predicted octanol–water partition coefficient (Wildman–Crippen LogP) is 3.82. The van der Waals surface area contributed by atoms with Gasteiger partial charge in [-0.05, 0) is 48.4 Å². The first-order valence-corrected chi connectivity index (χ1v) is 8.36. The van der Waals surface area contributed by atoms with Crippen molar-refractivity contribution in [1.82, 2.24) is 0 Å². The van der Waals surface area contributed by atoms with E-state index in [-0.39, 0.29) is 0 Å². The second kappa shape index (κ2) is 7.98. The van der Waals surface area contributed by atoms with E-state index in [4.69, 9.17) is 5.73 Å². The maximum atomic E-state index is 5.64. The SMILES string of the molecule is CC(CCCI)[C@@H]1CC=C([C@H](S)CN)CC1. The molecule has 3 atom stereocenters. The van der Waals surface area contributed by atoms with E-state index in [9.17, 15) is 0 Å². The largest absolute Gasteiger partial charge is 0.329 e. The third-order valence-corrected chi connectivity index (χ3v) is 5.04. The van der Waals surface area contributed by atoms with Crippen LogP contribution in [0.5, 0.6) is 0 Å². The lowest BCUT2D eigenvalue weighted by Gasteiger charge is -2.28. The summed E-state index contributed by atoms with van der Waals surface area (Å²) in [4.78, 5) is 0. The van der Waals surface area contributed by atoms with Gasteiger partial charge in [-0.15, -0.1) is 0 Å². The predicted molar refractivity (Wildman–Crippen MR) is 84.5 cm³/mol. The van der Waals surface area contributed by atoms with Gasteiger partial charge in [0.15, 0.2) is 0 Å². The minimum atomic E-state index is 0.297. The van der Waals surface area contributed by atoms with E-state index in [0.717, 1.165) is 11.8 Å². The fraction of sp³-hybridized carbons (Fsp3) is 0.846. The second-order valence-electron chi connectivity index (χ2n) is 4.87. The van der Waals surface area contributed by atoms with Crippen LogP contribution in [0.1, 0.15) is 39.0 Å². The molecule has 0 amide bonds. The molecule has 2 N–H and O–H groups in total. The Labute approximate surface area is 119 Å². The fourth-order valence-corrected chi connectivity index (χ4v) is 3.16. The highest BCUT2D eigenvalue weighted by Gasteiger charge is 2.21. The molecule has 0 heterocycles. The number of rotatable bonds is 6. The van der Waals surface area contributed by atoms with Crippen LogP contribution in [0.3, 0.4) is 0 Å². The summed E-state index contributed by atoms with van der Waals surface area (Å²) >= 11 is 6.99. The quantitative estimate of drug-likeness (QED) is 0.323. The Morgan fingerprint density at radius 2 is 2.38 bits per heavy atom. The van der Waals surface area contributed by atoms with E-state index in [0.29, 0.717) is 11.8 Å². The average molecular weight is 353 g/mol. The standard InChI is InChI=1S/C13H24INS/c1-10(3-2-8-14)11-4-6-12(7-5-11)13(16)9-15/h6,10-11,13,16H,2-5,7-9,15H2,1H3/t10?,11-,13-/m1/s1. The third-order valence-electron chi connectivity index (χ3n) is 3.74. The van der Waals surface area contributed by atoms with Crippen LogP contribution < -0.4 is 5.73 Å². The van der Waals surface area contributed by atoms with Gasteiger partial charge in [0.05, 0.1) is 0 Å². The third kappa shape index (κ3) is 4.57. The van der Waals surface area contributed by atoms with E-state index in [1.165, 1.54) is 42.1 Å². The number of thiol groups is 1. The van der Waals surface area contributed by atoms with Gasteiger partial charge in [0.1, 0.15) is 0 Å². The van der Waals surface area contributed by atoms with Gasteiger partial charge in [-0.3, -0.25) is 0 Å². The summed E-state index contributed by atoms with van der Waals surface area (Å²) in [6, 6.07) is 0. The van der Waals surface area contributed by atoms with Crippen LogP contribution in [-0.2, 0) is 0 Å². The second-order valence-corrected chi connectivity index (χ2v) is 6.58. The fourth-order valence-electron chi connectivity index (χ4n) is 2.48. The maximum absolute atomic E-state index is 5.64. The van der Waals surface area contributed by atoms with E-state index in [1.807, 2.05) is 0 Å². The highest BCUT2D eigenvalue weighted by molar-refractivity contribution is 14.1. The zero-order valence-corrected chi connectivity index (χ0v) is 13.2. The number of alkyl halides is 1. The van der Waals surface area contributed by atoms with Gasteiger partial charge in [-0.2, -0.15) is 12.6 Å². The molecular formula is C13H24INS. The van der Waals surface area contributed by atoms with Crippen molar-refractivity contribution in [1.29, 1.82) is 0 Å². The van der Waals surface area contributed by atoms with Gasteiger partial charge in [0, 0.05) is 11.8 Å². The molecule has 1 nitrogen and oxygen atoms in total. The Bertz CT molecular complexity index is 230. The molecule has 0 spiro atoms. The molecule has 0 aliphatic heterocycles. The first-order valence-electron chi connectivity index (χ1n) is 6.32. The molecule has 0 aromatic carbocycles.